The standard InChI is InChI=1S/C20H25FN4O4S2/c1-2-16(31(28,29)12-17(26)22-15-10-8-14(21)9-11-15)18(27)23-20-25-24-19(30-20)13-6-4-3-5-7-13/h8-11,13,16H,2-7,12H2,1H3,(H,22,26)(H,23,25,27). The molecule has 11 heteroatoms. The van der Waals surface area contributed by atoms with E-state index in [4.69, 9.17) is 0 Å². The van der Waals surface area contributed by atoms with E-state index in [1.54, 1.807) is 6.92 Å². The molecule has 31 heavy (non-hydrogen) atoms. The quantitative estimate of drug-likeness (QED) is 0.612. The third-order valence-electron chi connectivity index (χ3n) is 5.18. The van der Waals surface area contributed by atoms with Crippen LogP contribution in [0.4, 0.5) is 15.2 Å². The molecule has 1 aromatic carbocycles. The fraction of sp³-hybridized carbons (Fsp3) is 0.500. The van der Waals surface area contributed by atoms with Crippen molar-refractivity contribution in [3.63, 3.8) is 0 Å². The number of amides is 2. The summed E-state index contributed by atoms with van der Waals surface area (Å²) in [4.78, 5) is 24.8. The molecule has 1 fully saturated rings. The Morgan fingerprint density at radius 2 is 1.81 bits per heavy atom. The van der Waals surface area contributed by atoms with E-state index in [0.717, 1.165) is 42.8 Å². The molecule has 1 saturated carbocycles. The van der Waals surface area contributed by atoms with Gasteiger partial charge in [-0.3, -0.25) is 14.9 Å². The third kappa shape index (κ3) is 6.30. The minimum absolute atomic E-state index is 0.00623. The Hall–Kier alpha value is -2.40. The number of carbonyl (C=O) groups is 2. The van der Waals surface area contributed by atoms with Crippen molar-refractivity contribution < 1.29 is 22.4 Å². The molecule has 168 valence electrons. The summed E-state index contributed by atoms with van der Waals surface area (Å²) >= 11 is 1.26. The molecule has 1 heterocycles. The Bertz CT molecular complexity index is 1020. The Labute approximate surface area is 184 Å². The van der Waals surface area contributed by atoms with E-state index < -0.39 is 38.5 Å². The molecule has 1 aliphatic rings. The van der Waals surface area contributed by atoms with Gasteiger partial charge in [-0.25, -0.2) is 12.8 Å². The summed E-state index contributed by atoms with van der Waals surface area (Å²) in [7, 11) is -4.07. The monoisotopic (exact) mass is 468 g/mol. The first-order valence-corrected chi connectivity index (χ1v) is 12.7. The normalized spacial score (nSPS) is 15.9. The molecule has 2 amide bonds. The highest BCUT2D eigenvalue weighted by atomic mass is 32.2. The van der Waals surface area contributed by atoms with Gasteiger partial charge < -0.3 is 5.32 Å². The number of hydrogen-bond donors (Lipinski definition) is 2. The van der Waals surface area contributed by atoms with Crippen LogP contribution in [0, 0.1) is 5.82 Å². The molecular weight excluding hydrogens is 443 g/mol. The predicted molar refractivity (Wildman–Crippen MR) is 117 cm³/mol. The lowest BCUT2D eigenvalue weighted by Gasteiger charge is -2.18. The van der Waals surface area contributed by atoms with Crippen molar-refractivity contribution >= 4 is 43.8 Å². The molecule has 2 N–H and O–H groups in total. The summed E-state index contributed by atoms with van der Waals surface area (Å²) < 4.78 is 38.3. The van der Waals surface area contributed by atoms with Gasteiger partial charge in [-0.2, -0.15) is 0 Å². The van der Waals surface area contributed by atoms with Gasteiger partial charge in [0.2, 0.25) is 16.9 Å². The van der Waals surface area contributed by atoms with E-state index in [2.05, 4.69) is 20.8 Å². The molecule has 0 bridgehead atoms. The molecule has 2 aromatic rings. The average molecular weight is 469 g/mol. The van der Waals surface area contributed by atoms with Crippen LogP contribution < -0.4 is 10.6 Å². The van der Waals surface area contributed by atoms with Crippen molar-refractivity contribution in [2.24, 2.45) is 0 Å². The first-order chi connectivity index (χ1) is 14.8. The number of aromatic nitrogens is 2. The van der Waals surface area contributed by atoms with Crippen LogP contribution >= 0.6 is 11.3 Å². The molecule has 8 nitrogen and oxygen atoms in total. The first kappa shape index (κ1) is 23.3. The van der Waals surface area contributed by atoms with Crippen molar-refractivity contribution in [3.8, 4) is 0 Å². The van der Waals surface area contributed by atoms with Gasteiger partial charge in [0.1, 0.15) is 21.8 Å². The SMILES string of the molecule is CCC(C(=O)Nc1nnc(C2CCCCC2)s1)S(=O)(=O)CC(=O)Nc1ccc(F)cc1. The average Bonchev–Trinajstić information content (AvgIpc) is 3.18. The number of nitrogens with zero attached hydrogens (tertiary/aromatic N) is 2. The second kappa shape index (κ2) is 10.3. The van der Waals surface area contributed by atoms with E-state index in [-0.39, 0.29) is 17.2 Å². The van der Waals surface area contributed by atoms with E-state index in [0.29, 0.717) is 5.92 Å². The van der Waals surface area contributed by atoms with Gasteiger partial charge in [-0.15, -0.1) is 10.2 Å². The number of hydrogen-bond acceptors (Lipinski definition) is 7. The van der Waals surface area contributed by atoms with Gasteiger partial charge >= 0.3 is 0 Å². The highest BCUT2D eigenvalue weighted by Crippen LogP contribution is 2.35. The smallest absolute Gasteiger partial charge is 0.244 e. The minimum atomic E-state index is -4.07. The summed E-state index contributed by atoms with van der Waals surface area (Å²) in [6.07, 6.45) is 5.58. The topological polar surface area (TPSA) is 118 Å². The Morgan fingerprint density at radius 3 is 2.45 bits per heavy atom. The molecular formula is C20H25FN4O4S2. The van der Waals surface area contributed by atoms with Crippen molar-refractivity contribution in [2.45, 2.75) is 56.6 Å². The van der Waals surface area contributed by atoms with Gasteiger partial charge in [0, 0.05) is 11.6 Å². The lowest BCUT2D eigenvalue weighted by Crippen LogP contribution is -2.39. The van der Waals surface area contributed by atoms with Gasteiger partial charge in [-0.1, -0.05) is 37.5 Å². The van der Waals surface area contributed by atoms with Crippen LogP contribution in [0.3, 0.4) is 0 Å². The van der Waals surface area contributed by atoms with Crippen molar-refractivity contribution in [1.29, 1.82) is 0 Å². The molecule has 0 aliphatic heterocycles. The Balaban J connectivity index is 1.61. The molecule has 1 unspecified atom stereocenters. The molecule has 3 rings (SSSR count). The van der Waals surface area contributed by atoms with Gasteiger partial charge in [0.15, 0.2) is 9.84 Å². The number of sulfone groups is 1. The molecule has 1 atom stereocenters. The number of nitrogens with one attached hydrogen (secondary N) is 2. The highest BCUT2D eigenvalue weighted by Gasteiger charge is 2.33. The van der Waals surface area contributed by atoms with E-state index >= 15 is 0 Å². The van der Waals surface area contributed by atoms with Crippen molar-refractivity contribution in [1.82, 2.24) is 10.2 Å². The Kier molecular flexibility index (Phi) is 7.71. The van der Waals surface area contributed by atoms with Gasteiger partial charge in [-0.05, 0) is 43.5 Å². The highest BCUT2D eigenvalue weighted by molar-refractivity contribution is 7.93. The van der Waals surface area contributed by atoms with Crippen LogP contribution in [0.25, 0.3) is 0 Å². The summed E-state index contributed by atoms with van der Waals surface area (Å²) in [5, 5.41) is 12.8. The molecule has 1 aliphatic carbocycles. The van der Waals surface area contributed by atoms with Crippen LogP contribution in [-0.4, -0.2) is 41.4 Å². The fourth-order valence-electron chi connectivity index (χ4n) is 3.60. The van der Waals surface area contributed by atoms with Crippen LogP contribution in [0.15, 0.2) is 24.3 Å². The zero-order valence-corrected chi connectivity index (χ0v) is 18.8. The molecule has 0 radical (unpaired) electrons. The summed E-state index contributed by atoms with van der Waals surface area (Å²) in [6, 6.07) is 4.94. The zero-order valence-electron chi connectivity index (χ0n) is 17.1. The van der Waals surface area contributed by atoms with Gasteiger partial charge in [0.25, 0.3) is 0 Å². The maximum atomic E-state index is 13.0. The van der Waals surface area contributed by atoms with Crippen LogP contribution in [0.2, 0.25) is 0 Å². The Morgan fingerprint density at radius 1 is 1.13 bits per heavy atom. The second-order valence-electron chi connectivity index (χ2n) is 7.53. The number of halogens is 1. The number of benzene rings is 1. The molecule has 1 aromatic heterocycles. The number of carbonyl (C=O) groups excluding carboxylic acids is 2. The van der Waals surface area contributed by atoms with E-state index in [1.807, 2.05) is 0 Å². The lowest BCUT2D eigenvalue weighted by atomic mass is 9.90. The predicted octanol–water partition coefficient (Wildman–Crippen LogP) is 3.50. The van der Waals surface area contributed by atoms with Gasteiger partial charge in [0.05, 0.1) is 0 Å². The lowest BCUT2D eigenvalue weighted by molar-refractivity contribution is -0.115. The fourth-order valence-corrected chi connectivity index (χ4v) is 6.05. The molecule has 0 spiro atoms. The maximum Gasteiger partial charge on any atom is 0.244 e. The second-order valence-corrected chi connectivity index (χ2v) is 10.7. The summed E-state index contributed by atoms with van der Waals surface area (Å²) in [5.41, 5.74) is 0.267. The van der Waals surface area contributed by atoms with Crippen molar-refractivity contribution in [2.75, 3.05) is 16.4 Å². The summed E-state index contributed by atoms with van der Waals surface area (Å²) in [5.74, 6) is -2.54. The zero-order chi connectivity index (χ0) is 22.4. The number of rotatable bonds is 8. The van der Waals surface area contributed by atoms with Crippen molar-refractivity contribution in [3.05, 3.63) is 35.1 Å². The maximum absolute atomic E-state index is 13.0. The largest absolute Gasteiger partial charge is 0.325 e. The number of anilines is 2. The minimum Gasteiger partial charge on any atom is -0.325 e. The molecule has 0 saturated heterocycles. The van der Waals surface area contributed by atoms with E-state index in [1.165, 1.54) is 29.9 Å². The van der Waals surface area contributed by atoms with Crippen LogP contribution in [-0.2, 0) is 19.4 Å². The van der Waals surface area contributed by atoms with Crippen LogP contribution in [0.5, 0.6) is 0 Å². The summed E-state index contributed by atoms with van der Waals surface area (Å²) in [6.45, 7) is 1.56. The third-order valence-corrected chi connectivity index (χ3v) is 8.26. The first-order valence-electron chi connectivity index (χ1n) is 10.2. The van der Waals surface area contributed by atoms with Crippen LogP contribution in [0.1, 0.15) is 56.4 Å². The van der Waals surface area contributed by atoms with E-state index in [9.17, 15) is 22.4 Å².